The molecule has 0 radical (unpaired) electrons. The molecule has 0 fully saturated rings. The van der Waals surface area contributed by atoms with Crippen LogP contribution in [0.2, 0.25) is 0 Å². The van der Waals surface area contributed by atoms with Crippen molar-refractivity contribution in [1.29, 1.82) is 0 Å². The van der Waals surface area contributed by atoms with Gasteiger partial charge in [0.05, 0.1) is 6.54 Å². The third-order valence-corrected chi connectivity index (χ3v) is 2.88. The third kappa shape index (κ3) is 7.23. The summed E-state index contributed by atoms with van der Waals surface area (Å²) in [6, 6.07) is 10.2. The summed E-state index contributed by atoms with van der Waals surface area (Å²) in [5.41, 5.74) is 1.55. The van der Waals surface area contributed by atoms with Crippen LogP contribution in [0.5, 0.6) is 0 Å². The molecule has 2 heteroatoms. The Balaban J connectivity index is 2.11. The van der Waals surface area contributed by atoms with Gasteiger partial charge in [0.1, 0.15) is 5.78 Å². The Morgan fingerprint density at radius 1 is 1.17 bits per heavy atom. The summed E-state index contributed by atoms with van der Waals surface area (Å²) in [5.74, 6) is 0.315. The molecule has 0 amide bonds. The molecule has 100 valence electrons. The number of rotatable bonds is 7. The highest BCUT2D eigenvalue weighted by atomic mass is 16.1. The molecule has 18 heavy (non-hydrogen) atoms. The molecule has 0 bridgehead atoms. The van der Waals surface area contributed by atoms with Gasteiger partial charge in [0, 0.05) is 13.0 Å². The van der Waals surface area contributed by atoms with Crippen LogP contribution < -0.4 is 5.32 Å². The maximum absolute atomic E-state index is 11.7. The number of nitrogens with one attached hydrogen (secondary N) is 1. The van der Waals surface area contributed by atoms with Crippen LogP contribution in [0.15, 0.2) is 30.3 Å². The normalized spacial score (nSPS) is 11.5. The van der Waals surface area contributed by atoms with Crippen LogP contribution in [-0.2, 0) is 11.3 Å². The summed E-state index contributed by atoms with van der Waals surface area (Å²) >= 11 is 0. The molecule has 1 aromatic rings. The molecule has 1 rings (SSSR count). The zero-order valence-electron chi connectivity index (χ0n) is 11.8. The van der Waals surface area contributed by atoms with Gasteiger partial charge in [0.25, 0.3) is 0 Å². The minimum atomic E-state index is 0.315. The highest BCUT2D eigenvalue weighted by Gasteiger charge is 2.10. The van der Waals surface area contributed by atoms with Gasteiger partial charge in [-0.25, -0.2) is 0 Å². The summed E-state index contributed by atoms with van der Waals surface area (Å²) in [6.45, 7) is 7.90. The van der Waals surface area contributed by atoms with E-state index in [1.807, 2.05) is 18.2 Å². The summed E-state index contributed by atoms with van der Waals surface area (Å²) in [4.78, 5) is 11.7. The standard InChI is InChI=1S/C16H25NO/c1-16(2,3)11-7-10-15(18)13-17-12-14-8-5-4-6-9-14/h4-6,8-9,17H,7,10-13H2,1-3H3. The number of hydrogen-bond donors (Lipinski definition) is 1. The lowest BCUT2D eigenvalue weighted by Crippen LogP contribution is -2.22. The van der Waals surface area contributed by atoms with Crippen molar-refractivity contribution in [2.45, 2.75) is 46.6 Å². The average molecular weight is 247 g/mol. The van der Waals surface area contributed by atoms with Crippen molar-refractivity contribution in [2.24, 2.45) is 5.41 Å². The van der Waals surface area contributed by atoms with Gasteiger partial charge in [-0.2, -0.15) is 0 Å². The highest BCUT2D eigenvalue weighted by molar-refractivity contribution is 5.80. The van der Waals surface area contributed by atoms with Gasteiger partial charge in [-0.1, -0.05) is 51.1 Å². The molecule has 0 saturated carbocycles. The smallest absolute Gasteiger partial charge is 0.146 e. The van der Waals surface area contributed by atoms with Gasteiger partial charge in [-0.15, -0.1) is 0 Å². The third-order valence-electron chi connectivity index (χ3n) is 2.88. The van der Waals surface area contributed by atoms with Crippen LogP contribution in [0.25, 0.3) is 0 Å². The molecule has 0 aliphatic rings. The molecule has 0 unspecified atom stereocenters. The molecular formula is C16H25NO. The van der Waals surface area contributed by atoms with Gasteiger partial charge in [-0.05, 0) is 23.8 Å². The topological polar surface area (TPSA) is 29.1 Å². The van der Waals surface area contributed by atoms with Crippen molar-refractivity contribution in [1.82, 2.24) is 5.32 Å². The molecule has 0 aliphatic carbocycles. The lowest BCUT2D eigenvalue weighted by atomic mass is 9.89. The maximum Gasteiger partial charge on any atom is 0.146 e. The van der Waals surface area contributed by atoms with E-state index in [0.29, 0.717) is 24.2 Å². The second kappa shape index (κ2) is 7.32. The highest BCUT2D eigenvalue weighted by Crippen LogP contribution is 2.21. The first kappa shape index (κ1) is 14.9. The van der Waals surface area contributed by atoms with Gasteiger partial charge in [-0.3, -0.25) is 4.79 Å². The molecule has 0 heterocycles. The van der Waals surface area contributed by atoms with Crippen molar-refractivity contribution < 1.29 is 4.79 Å². The van der Waals surface area contributed by atoms with Crippen LogP contribution in [0, 0.1) is 5.41 Å². The average Bonchev–Trinajstić information content (AvgIpc) is 2.28. The van der Waals surface area contributed by atoms with E-state index >= 15 is 0 Å². The minimum absolute atomic E-state index is 0.315. The summed E-state index contributed by atoms with van der Waals surface area (Å²) in [6.07, 6.45) is 2.80. The summed E-state index contributed by atoms with van der Waals surface area (Å²) in [5, 5.41) is 3.20. The van der Waals surface area contributed by atoms with E-state index in [-0.39, 0.29) is 0 Å². The van der Waals surface area contributed by atoms with Crippen molar-refractivity contribution in [3.05, 3.63) is 35.9 Å². The van der Waals surface area contributed by atoms with Crippen LogP contribution in [0.4, 0.5) is 0 Å². The molecule has 0 atom stereocenters. The molecule has 1 aromatic carbocycles. The largest absolute Gasteiger partial charge is 0.306 e. The number of hydrogen-bond acceptors (Lipinski definition) is 2. The molecular weight excluding hydrogens is 222 g/mol. The Labute approximate surface area is 111 Å². The van der Waals surface area contributed by atoms with Gasteiger partial charge in [0.15, 0.2) is 0 Å². The predicted molar refractivity (Wildman–Crippen MR) is 76.5 cm³/mol. The lowest BCUT2D eigenvalue weighted by molar-refractivity contribution is -0.118. The fourth-order valence-electron chi connectivity index (χ4n) is 1.85. The Hall–Kier alpha value is -1.15. The van der Waals surface area contributed by atoms with Crippen molar-refractivity contribution >= 4 is 5.78 Å². The van der Waals surface area contributed by atoms with E-state index in [9.17, 15) is 4.79 Å². The van der Waals surface area contributed by atoms with Crippen LogP contribution >= 0.6 is 0 Å². The second-order valence-electron chi connectivity index (χ2n) is 6.04. The molecule has 0 saturated heterocycles. The van der Waals surface area contributed by atoms with E-state index in [1.54, 1.807) is 0 Å². The summed E-state index contributed by atoms with van der Waals surface area (Å²) in [7, 11) is 0. The van der Waals surface area contributed by atoms with Crippen LogP contribution in [-0.4, -0.2) is 12.3 Å². The Kier molecular flexibility index (Phi) is 6.06. The van der Waals surface area contributed by atoms with Gasteiger partial charge in [0.2, 0.25) is 0 Å². The zero-order chi connectivity index (χ0) is 13.4. The number of carbonyl (C=O) groups excluding carboxylic acids is 1. The van der Waals surface area contributed by atoms with E-state index in [1.165, 1.54) is 5.56 Å². The first-order chi connectivity index (χ1) is 8.47. The minimum Gasteiger partial charge on any atom is -0.306 e. The number of Topliss-reactive ketones (excluding diaryl/α,β-unsaturated/α-hetero) is 1. The summed E-state index contributed by atoms with van der Waals surface area (Å²) < 4.78 is 0. The fourth-order valence-corrected chi connectivity index (χ4v) is 1.85. The van der Waals surface area contributed by atoms with Crippen molar-refractivity contribution in [3.8, 4) is 0 Å². The number of ketones is 1. The molecule has 0 aliphatic heterocycles. The Bertz CT molecular complexity index is 351. The first-order valence-electron chi connectivity index (χ1n) is 6.74. The van der Waals surface area contributed by atoms with E-state index in [0.717, 1.165) is 19.4 Å². The van der Waals surface area contributed by atoms with Crippen molar-refractivity contribution in [3.63, 3.8) is 0 Å². The Morgan fingerprint density at radius 3 is 2.44 bits per heavy atom. The maximum atomic E-state index is 11.7. The molecule has 1 N–H and O–H groups in total. The SMILES string of the molecule is CC(C)(C)CCCC(=O)CNCc1ccccc1. The first-order valence-corrected chi connectivity index (χ1v) is 6.74. The monoisotopic (exact) mass is 247 g/mol. The lowest BCUT2D eigenvalue weighted by Gasteiger charge is -2.17. The molecule has 0 spiro atoms. The van der Waals surface area contributed by atoms with Gasteiger partial charge >= 0.3 is 0 Å². The molecule has 2 nitrogen and oxygen atoms in total. The van der Waals surface area contributed by atoms with E-state index in [4.69, 9.17) is 0 Å². The van der Waals surface area contributed by atoms with Gasteiger partial charge < -0.3 is 5.32 Å². The predicted octanol–water partition coefficient (Wildman–Crippen LogP) is 3.56. The second-order valence-corrected chi connectivity index (χ2v) is 6.04. The van der Waals surface area contributed by atoms with Crippen molar-refractivity contribution in [2.75, 3.05) is 6.54 Å². The van der Waals surface area contributed by atoms with E-state index < -0.39 is 0 Å². The quantitative estimate of drug-likeness (QED) is 0.798. The van der Waals surface area contributed by atoms with Crippen LogP contribution in [0.1, 0.15) is 45.6 Å². The molecule has 0 aromatic heterocycles. The van der Waals surface area contributed by atoms with E-state index in [2.05, 4.69) is 38.2 Å². The zero-order valence-corrected chi connectivity index (χ0v) is 11.8. The number of benzene rings is 1. The van der Waals surface area contributed by atoms with Crippen LogP contribution in [0.3, 0.4) is 0 Å². The Morgan fingerprint density at radius 2 is 1.83 bits per heavy atom. The number of carbonyl (C=O) groups is 1. The fraction of sp³-hybridized carbons (Fsp3) is 0.562.